The summed E-state index contributed by atoms with van der Waals surface area (Å²) >= 11 is 0. The topological polar surface area (TPSA) is 139 Å². The summed E-state index contributed by atoms with van der Waals surface area (Å²) in [6.07, 6.45) is 0. The van der Waals surface area contributed by atoms with E-state index < -0.39 is 30.1 Å². The van der Waals surface area contributed by atoms with E-state index in [0.717, 1.165) is 27.8 Å². The largest absolute Gasteiger partial charge is 0.280 e. The average molecular weight is 770 g/mol. The molecule has 0 aliphatic rings. The molecular weight excluding hydrogens is 727 g/mol. The van der Waals surface area contributed by atoms with Gasteiger partial charge in [0.2, 0.25) is 10.0 Å². The van der Waals surface area contributed by atoms with Gasteiger partial charge in [-0.15, -0.1) is 0 Å². The molecule has 0 aliphatic carbocycles. The standard InChI is InChI=1S/C15H17NO2S.C14H15NO2S.C12H11NO2S/c1-11-9-12(2)15(13(3)10-11)16-19(17,18)14-7-5-4-6-8-14;16-18(17,12-14-9-5-2-6-10-14)15-11-13-7-3-1-4-8-13;14-16(15,12-9-5-2-6-10-12)13-11-7-3-1-4-8-11/h4-10,16H,1-3H3;1-10,15H,11-12H2;1-10,13H. The monoisotopic (exact) mass is 769 g/mol. The molecule has 0 amide bonds. The van der Waals surface area contributed by atoms with Gasteiger partial charge in [-0.3, -0.25) is 9.44 Å². The molecular formula is C41H43N3O6S3. The van der Waals surface area contributed by atoms with Gasteiger partial charge in [-0.2, -0.15) is 0 Å². The van der Waals surface area contributed by atoms with Crippen LogP contribution in [-0.2, 0) is 42.4 Å². The highest BCUT2D eigenvalue weighted by molar-refractivity contribution is 7.93. The maximum atomic E-state index is 12.3. The number of anilines is 2. The van der Waals surface area contributed by atoms with E-state index in [-0.39, 0.29) is 15.5 Å². The van der Waals surface area contributed by atoms with Gasteiger partial charge in [0.15, 0.2) is 0 Å². The minimum Gasteiger partial charge on any atom is -0.280 e. The Hall–Kier alpha value is -5.27. The predicted octanol–water partition coefficient (Wildman–Crippen LogP) is 8.21. The molecule has 0 aliphatic heterocycles. The minimum atomic E-state index is -3.52. The van der Waals surface area contributed by atoms with Gasteiger partial charge in [-0.25, -0.2) is 30.0 Å². The third kappa shape index (κ3) is 13.3. The van der Waals surface area contributed by atoms with E-state index in [9.17, 15) is 25.3 Å². The first-order valence-corrected chi connectivity index (χ1v) is 21.2. The fraction of sp³-hybridized carbons (Fsp3) is 0.122. The van der Waals surface area contributed by atoms with E-state index in [1.165, 1.54) is 0 Å². The van der Waals surface area contributed by atoms with Crippen molar-refractivity contribution >= 4 is 41.4 Å². The maximum Gasteiger partial charge on any atom is 0.261 e. The van der Waals surface area contributed by atoms with Crippen LogP contribution in [0.1, 0.15) is 27.8 Å². The van der Waals surface area contributed by atoms with Crippen LogP contribution in [0.5, 0.6) is 0 Å². The van der Waals surface area contributed by atoms with Crippen molar-refractivity contribution in [1.82, 2.24) is 4.72 Å². The van der Waals surface area contributed by atoms with E-state index in [0.29, 0.717) is 17.9 Å². The number of hydrogen-bond donors (Lipinski definition) is 3. The highest BCUT2D eigenvalue weighted by Gasteiger charge is 2.16. The predicted molar refractivity (Wildman–Crippen MR) is 214 cm³/mol. The average Bonchev–Trinajstić information content (AvgIpc) is 3.15. The fourth-order valence-corrected chi connectivity index (χ4v) is 8.51. The van der Waals surface area contributed by atoms with E-state index in [1.807, 2.05) is 99.6 Å². The molecule has 53 heavy (non-hydrogen) atoms. The van der Waals surface area contributed by atoms with Crippen LogP contribution >= 0.6 is 0 Å². The zero-order valence-corrected chi connectivity index (χ0v) is 32.1. The highest BCUT2D eigenvalue weighted by atomic mass is 32.2. The minimum absolute atomic E-state index is 0.0146. The van der Waals surface area contributed by atoms with Crippen LogP contribution < -0.4 is 14.2 Å². The fourth-order valence-electron chi connectivity index (χ4n) is 5.09. The normalized spacial score (nSPS) is 11.2. The van der Waals surface area contributed by atoms with E-state index in [4.69, 9.17) is 0 Å². The molecule has 3 N–H and O–H groups in total. The lowest BCUT2D eigenvalue weighted by molar-refractivity contribution is 0.580. The van der Waals surface area contributed by atoms with Crippen molar-refractivity contribution in [2.24, 2.45) is 0 Å². The summed E-state index contributed by atoms with van der Waals surface area (Å²) in [6.45, 7) is 6.14. The molecule has 6 aromatic rings. The smallest absolute Gasteiger partial charge is 0.261 e. The zero-order chi connectivity index (χ0) is 38.3. The second-order valence-corrected chi connectivity index (χ2v) is 17.2. The van der Waals surface area contributed by atoms with Gasteiger partial charge in [0, 0.05) is 12.2 Å². The first kappa shape index (κ1) is 40.5. The summed E-state index contributed by atoms with van der Waals surface area (Å²) in [6, 6.07) is 48.0. The molecule has 0 aromatic heterocycles. The number of rotatable bonds is 11. The van der Waals surface area contributed by atoms with Crippen LogP contribution in [0.25, 0.3) is 0 Å². The van der Waals surface area contributed by atoms with Gasteiger partial charge in [-0.05, 0) is 79.4 Å². The summed E-state index contributed by atoms with van der Waals surface area (Å²) in [5.41, 5.74) is 5.94. The number of para-hydroxylation sites is 1. The Morgan fingerprint density at radius 2 is 0.830 bits per heavy atom. The van der Waals surface area contributed by atoms with Gasteiger partial charge in [0.1, 0.15) is 0 Å². The van der Waals surface area contributed by atoms with Crippen molar-refractivity contribution in [2.45, 2.75) is 42.9 Å². The second-order valence-electron chi connectivity index (χ2n) is 12.0. The summed E-state index contributed by atoms with van der Waals surface area (Å²) in [5.74, 6) is 0.0146. The molecule has 0 atom stereocenters. The molecule has 0 fully saturated rings. The van der Waals surface area contributed by atoms with Crippen LogP contribution in [0.4, 0.5) is 11.4 Å². The molecule has 0 heterocycles. The molecule has 0 radical (unpaired) electrons. The number of sulfonamides is 3. The molecule has 0 unspecified atom stereocenters. The Bertz CT molecular complexity index is 2340. The first-order chi connectivity index (χ1) is 25.2. The van der Waals surface area contributed by atoms with Gasteiger partial charge in [-0.1, -0.05) is 133 Å². The molecule has 0 saturated heterocycles. The van der Waals surface area contributed by atoms with Crippen molar-refractivity contribution in [3.05, 3.63) is 192 Å². The van der Waals surface area contributed by atoms with Crippen molar-refractivity contribution in [3.8, 4) is 0 Å². The Labute approximate surface area is 313 Å². The Morgan fingerprint density at radius 1 is 0.453 bits per heavy atom. The highest BCUT2D eigenvalue weighted by Crippen LogP contribution is 2.25. The lowest BCUT2D eigenvalue weighted by atomic mass is 10.1. The summed E-state index contributed by atoms with van der Waals surface area (Å²) in [7, 11) is -10.3. The van der Waals surface area contributed by atoms with Gasteiger partial charge < -0.3 is 0 Å². The maximum absolute atomic E-state index is 12.3. The van der Waals surface area contributed by atoms with Crippen molar-refractivity contribution in [3.63, 3.8) is 0 Å². The van der Waals surface area contributed by atoms with Crippen LogP contribution in [-0.4, -0.2) is 25.3 Å². The van der Waals surface area contributed by atoms with Crippen molar-refractivity contribution in [2.75, 3.05) is 9.44 Å². The van der Waals surface area contributed by atoms with Gasteiger partial charge >= 0.3 is 0 Å². The Balaban J connectivity index is 0.000000178. The van der Waals surface area contributed by atoms with E-state index >= 15 is 0 Å². The van der Waals surface area contributed by atoms with E-state index in [1.54, 1.807) is 84.9 Å². The number of nitrogens with one attached hydrogen (secondary N) is 3. The number of aryl methyl sites for hydroxylation is 3. The number of benzene rings is 6. The molecule has 6 rings (SSSR count). The van der Waals surface area contributed by atoms with Crippen LogP contribution in [0.2, 0.25) is 0 Å². The van der Waals surface area contributed by atoms with Crippen LogP contribution in [0.3, 0.4) is 0 Å². The molecule has 9 nitrogen and oxygen atoms in total. The van der Waals surface area contributed by atoms with Gasteiger partial charge in [0.05, 0.1) is 21.2 Å². The molecule has 6 aromatic carbocycles. The SMILES string of the molecule is Cc1cc(C)c(NS(=O)(=O)c2ccccc2)c(C)c1.O=S(=O)(Cc1ccccc1)NCc1ccccc1.O=S(=O)(Nc1ccccc1)c1ccccc1. The lowest BCUT2D eigenvalue weighted by Crippen LogP contribution is -2.24. The Morgan fingerprint density at radius 3 is 1.28 bits per heavy atom. The molecule has 0 spiro atoms. The van der Waals surface area contributed by atoms with Crippen LogP contribution in [0.15, 0.2) is 174 Å². The number of hydrogen-bond acceptors (Lipinski definition) is 6. The third-order valence-corrected chi connectivity index (χ3v) is 11.6. The summed E-state index contributed by atoms with van der Waals surface area (Å²) in [5, 5.41) is 0. The summed E-state index contributed by atoms with van der Waals surface area (Å²) < 4.78 is 79.8. The van der Waals surface area contributed by atoms with Crippen molar-refractivity contribution < 1.29 is 25.3 Å². The molecule has 0 bridgehead atoms. The first-order valence-electron chi connectivity index (χ1n) is 16.6. The molecule has 0 saturated carbocycles. The quantitative estimate of drug-likeness (QED) is 0.122. The van der Waals surface area contributed by atoms with Crippen molar-refractivity contribution in [1.29, 1.82) is 0 Å². The lowest BCUT2D eigenvalue weighted by Gasteiger charge is -2.14. The third-order valence-electron chi connectivity index (χ3n) is 7.59. The summed E-state index contributed by atoms with van der Waals surface area (Å²) in [4.78, 5) is 0.535. The molecule has 276 valence electrons. The van der Waals surface area contributed by atoms with E-state index in [2.05, 4.69) is 14.2 Å². The second kappa shape index (κ2) is 19.0. The Kier molecular flexibility index (Phi) is 14.5. The van der Waals surface area contributed by atoms with Crippen LogP contribution in [0, 0.1) is 20.8 Å². The zero-order valence-electron chi connectivity index (χ0n) is 29.7. The molecule has 12 heteroatoms. The van der Waals surface area contributed by atoms with Gasteiger partial charge in [0.25, 0.3) is 20.0 Å².